The van der Waals surface area contributed by atoms with E-state index in [0.29, 0.717) is 0 Å². The molecule has 0 amide bonds. The van der Waals surface area contributed by atoms with Crippen LogP contribution in [0, 0.1) is 5.92 Å². The van der Waals surface area contributed by atoms with Gasteiger partial charge < -0.3 is 15.5 Å². The number of hydrogen-bond acceptors (Lipinski definition) is 3. The molecular formula is C22H38IN5. The van der Waals surface area contributed by atoms with E-state index >= 15 is 0 Å². The molecule has 2 fully saturated rings. The maximum absolute atomic E-state index is 4.36. The first-order valence-electron chi connectivity index (χ1n) is 10.7. The monoisotopic (exact) mass is 499 g/mol. The molecule has 6 heteroatoms. The fourth-order valence-corrected chi connectivity index (χ4v) is 4.19. The Balaban J connectivity index is 0.00000280. The average Bonchev–Trinajstić information content (AvgIpc) is 3.19. The van der Waals surface area contributed by atoms with Gasteiger partial charge in [-0.25, -0.2) is 0 Å². The quantitative estimate of drug-likeness (QED) is 0.343. The van der Waals surface area contributed by atoms with Crippen molar-refractivity contribution < 1.29 is 0 Å². The second kappa shape index (κ2) is 12.6. The van der Waals surface area contributed by atoms with Crippen LogP contribution in [0.1, 0.15) is 43.7 Å². The topological polar surface area (TPSA) is 42.9 Å². The van der Waals surface area contributed by atoms with Gasteiger partial charge in [-0.05, 0) is 62.4 Å². The molecule has 0 bridgehead atoms. The first kappa shape index (κ1) is 23.4. The Morgan fingerprint density at radius 3 is 2.36 bits per heavy atom. The molecule has 1 unspecified atom stereocenters. The molecule has 158 valence electrons. The van der Waals surface area contributed by atoms with Crippen molar-refractivity contribution in [3.8, 4) is 0 Å². The molecule has 28 heavy (non-hydrogen) atoms. The van der Waals surface area contributed by atoms with Crippen LogP contribution >= 0.6 is 24.0 Å². The molecule has 0 saturated carbocycles. The maximum atomic E-state index is 4.36. The number of benzene rings is 1. The van der Waals surface area contributed by atoms with Crippen LogP contribution in [0.4, 0.5) is 0 Å². The summed E-state index contributed by atoms with van der Waals surface area (Å²) in [7, 11) is 1.84. The van der Waals surface area contributed by atoms with Crippen LogP contribution in [0.2, 0.25) is 0 Å². The molecule has 2 aliphatic rings. The predicted octanol–water partition coefficient (Wildman–Crippen LogP) is 3.30. The average molecular weight is 499 g/mol. The van der Waals surface area contributed by atoms with Crippen LogP contribution in [0.5, 0.6) is 0 Å². The molecule has 2 aliphatic heterocycles. The molecule has 0 spiro atoms. The number of nitrogens with zero attached hydrogens (tertiary/aromatic N) is 3. The summed E-state index contributed by atoms with van der Waals surface area (Å²) in [6.45, 7) is 11.3. The van der Waals surface area contributed by atoms with Gasteiger partial charge in [0.1, 0.15) is 0 Å². The van der Waals surface area contributed by atoms with Gasteiger partial charge in [0.25, 0.3) is 0 Å². The Bertz CT molecular complexity index is 583. The first-order valence-corrected chi connectivity index (χ1v) is 10.7. The zero-order chi connectivity index (χ0) is 18.9. The van der Waals surface area contributed by atoms with Crippen LogP contribution in [-0.2, 0) is 13.1 Å². The molecule has 3 rings (SSSR count). The highest BCUT2D eigenvalue weighted by Crippen LogP contribution is 2.15. The number of guanidine groups is 1. The minimum Gasteiger partial charge on any atom is -0.355 e. The van der Waals surface area contributed by atoms with Crippen LogP contribution < -0.4 is 10.6 Å². The fraction of sp³-hybridized carbons (Fsp3) is 0.682. The smallest absolute Gasteiger partial charge is 0.191 e. The summed E-state index contributed by atoms with van der Waals surface area (Å²) in [4.78, 5) is 9.46. The maximum Gasteiger partial charge on any atom is 0.191 e. The van der Waals surface area contributed by atoms with E-state index in [1.54, 1.807) is 0 Å². The summed E-state index contributed by atoms with van der Waals surface area (Å²) in [6, 6.07) is 9.01. The Labute approximate surface area is 188 Å². The third-order valence-electron chi connectivity index (χ3n) is 5.77. The Morgan fingerprint density at radius 1 is 1.00 bits per heavy atom. The van der Waals surface area contributed by atoms with Gasteiger partial charge in [-0.15, -0.1) is 24.0 Å². The molecule has 2 N–H and O–H groups in total. The lowest BCUT2D eigenvalue weighted by Crippen LogP contribution is -2.43. The highest BCUT2D eigenvalue weighted by Gasteiger charge is 2.15. The molecule has 1 aromatic rings. The largest absolute Gasteiger partial charge is 0.355 e. The van der Waals surface area contributed by atoms with E-state index in [1.165, 1.54) is 63.0 Å². The first-order chi connectivity index (χ1) is 13.2. The normalized spacial score (nSPS) is 21.4. The second-order valence-electron chi connectivity index (χ2n) is 8.20. The Hall–Kier alpha value is -0.860. The molecule has 0 radical (unpaired) electrons. The van der Waals surface area contributed by atoms with Crippen LogP contribution in [0.25, 0.3) is 0 Å². The molecule has 2 heterocycles. The standard InChI is InChI=1S/C22H37N5.HI/c1-19-6-5-14-27(17-19)15-11-24-22(23-2)25-16-20-7-9-21(10-8-20)18-26-12-3-4-13-26;/h7-10,19H,3-6,11-18H2,1-2H3,(H2,23,24,25);1H. The number of halogens is 1. The van der Waals surface area contributed by atoms with Gasteiger partial charge in [0.2, 0.25) is 0 Å². The number of likely N-dealkylation sites (tertiary alicyclic amines) is 2. The van der Waals surface area contributed by atoms with Gasteiger partial charge in [0, 0.05) is 39.8 Å². The Morgan fingerprint density at radius 2 is 1.68 bits per heavy atom. The SMILES string of the molecule is CN=C(NCCN1CCCC(C)C1)NCc1ccc(CN2CCCC2)cc1.I. The summed E-state index contributed by atoms with van der Waals surface area (Å²) in [5.74, 6) is 1.73. The highest BCUT2D eigenvalue weighted by atomic mass is 127. The third kappa shape index (κ3) is 7.87. The van der Waals surface area contributed by atoms with Crippen LogP contribution in [0.15, 0.2) is 29.3 Å². The zero-order valence-corrected chi connectivity index (χ0v) is 20.0. The summed E-state index contributed by atoms with van der Waals surface area (Å²) in [6.07, 6.45) is 5.42. The zero-order valence-electron chi connectivity index (χ0n) is 17.6. The fourth-order valence-electron chi connectivity index (χ4n) is 4.19. The van der Waals surface area contributed by atoms with Crippen molar-refractivity contribution in [3.05, 3.63) is 35.4 Å². The van der Waals surface area contributed by atoms with Gasteiger partial charge in [-0.3, -0.25) is 9.89 Å². The minimum absolute atomic E-state index is 0. The van der Waals surface area contributed by atoms with Gasteiger partial charge in [0.05, 0.1) is 0 Å². The third-order valence-corrected chi connectivity index (χ3v) is 5.77. The predicted molar refractivity (Wildman–Crippen MR) is 129 cm³/mol. The van der Waals surface area contributed by atoms with Gasteiger partial charge >= 0.3 is 0 Å². The second-order valence-corrected chi connectivity index (χ2v) is 8.20. The molecule has 2 saturated heterocycles. The van der Waals surface area contributed by atoms with Gasteiger partial charge in [0.15, 0.2) is 5.96 Å². The van der Waals surface area contributed by atoms with E-state index in [2.05, 4.69) is 56.6 Å². The summed E-state index contributed by atoms with van der Waals surface area (Å²) in [5.41, 5.74) is 2.71. The molecule has 1 atom stereocenters. The lowest BCUT2D eigenvalue weighted by atomic mass is 10.0. The van der Waals surface area contributed by atoms with E-state index in [9.17, 15) is 0 Å². The van der Waals surface area contributed by atoms with Crippen molar-refractivity contribution in [2.75, 3.05) is 46.3 Å². The minimum atomic E-state index is 0. The lowest BCUT2D eigenvalue weighted by Gasteiger charge is -2.30. The molecule has 5 nitrogen and oxygen atoms in total. The molecular weight excluding hydrogens is 461 g/mol. The molecule has 1 aromatic carbocycles. The molecule has 0 aromatic heterocycles. The number of hydrogen-bond donors (Lipinski definition) is 2. The Kier molecular flexibility index (Phi) is 10.6. The van der Waals surface area contributed by atoms with Crippen molar-refractivity contribution in [1.29, 1.82) is 0 Å². The van der Waals surface area contributed by atoms with Crippen molar-refractivity contribution >= 4 is 29.9 Å². The number of aliphatic imine (C=N–C) groups is 1. The lowest BCUT2D eigenvalue weighted by molar-refractivity contribution is 0.187. The van der Waals surface area contributed by atoms with Gasteiger partial charge in [-0.2, -0.15) is 0 Å². The number of rotatable bonds is 7. The number of nitrogens with one attached hydrogen (secondary N) is 2. The summed E-state index contributed by atoms with van der Waals surface area (Å²) < 4.78 is 0. The van der Waals surface area contributed by atoms with E-state index in [0.717, 1.165) is 38.1 Å². The van der Waals surface area contributed by atoms with Gasteiger partial charge in [-0.1, -0.05) is 31.2 Å². The summed E-state index contributed by atoms with van der Waals surface area (Å²) in [5, 5.41) is 6.89. The van der Waals surface area contributed by atoms with Crippen molar-refractivity contribution in [3.63, 3.8) is 0 Å². The number of piperidine rings is 1. The van der Waals surface area contributed by atoms with E-state index in [4.69, 9.17) is 0 Å². The van der Waals surface area contributed by atoms with E-state index in [-0.39, 0.29) is 24.0 Å². The van der Waals surface area contributed by atoms with Crippen LogP contribution in [-0.4, -0.2) is 62.1 Å². The summed E-state index contributed by atoms with van der Waals surface area (Å²) >= 11 is 0. The van der Waals surface area contributed by atoms with Crippen molar-refractivity contribution in [1.82, 2.24) is 20.4 Å². The van der Waals surface area contributed by atoms with Crippen LogP contribution in [0.3, 0.4) is 0 Å². The van der Waals surface area contributed by atoms with Crippen molar-refractivity contribution in [2.45, 2.75) is 45.7 Å². The van der Waals surface area contributed by atoms with E-state index < -0.39 is 0 Å². The van der Waals surface area contributed by atoms with E-state index in [1.807, 2.05) is 7.05 Å². The molecule has 0 aliphatic carbocycles. The highest BCUT2D eigenvalue weighted by molar-refractivity contribution is 14.0. The van der Waals surface area contributed by atoms with Crippen molar-refractivity contribution in [2.24, 2.45) is 10.9 Å².